The van der Waals surface area contributed by atoms with E-state index >= 15 is 0 Å². The molecule has 0 amide bonds. The molecular formula is C14H13N2O6-. The first-order valence-corrected chi connectivity index (χ1v) is 6.30. The first kappa shape index (κ1) is 15.5. The number of aromatic amines is 1. The minimum atomic E-state index is -2.44. The smallest absolute Gasteiger partial charge is 0.349 e. The number of benzene rings is 1. The lowest BCUT2D eigenvalue weighted by Gasteiger charge is -2.23. The van der Waals surface area contributed by atoms with Crippen molar-refractivity contribution in [3.63, 3.8) is 0 Å². The lowest BCUT2D eigenvalue weighted by molar-refractivity contribution is -0.157. The van der Waals surface area contributed by atoms with Crippen molar-refractivity contribution in [2.45, 2.75) is 18.4 Å². The number of rotatable bonds is 6. The van der Waals surface area contributed by atoms with Crippen LogP contribution >= 0.6 is 0 Å². The molecule has 0 aliphatic carbocycles. The molecule has 0 radical (unpaired) electrons. The van der Waals surface area contributed by atoms with Gasteiger partial charge in [0.25, 0.3) is 0 Å². The molecule has 8 nitrogen and oxygen atoms in total. The number of hydrogen-bond acceptors (Lipinski definition) is 5. The molecule has 1 heterocycles. The number of carboxylic acids is 2. The predicted octanol–water partition coefficient (Wildman–Crippen LogP) is 0.940. The highest BCUT2D eigenvalue weighted by Crippen LogP contribution is 2.25. The van der Waals surface area contributed by atoms with E-state index in [1.165, 1.54) is 6.20 Å². The zero-order valence-electron chi connectivity index (χ0n) is 11.3. The Bertz CT molecular complexity index is 751. The van der Waals surface area contributed by atoms with E-state index in [1.807, 2.05) is 0 Å². The number of carboxylic acid groups (broad SMARTS) is 2. The van der Waals surface area contributed by atoms with Gasteiger partial charge in [-0.3, -0.25) is 0 Å². The monoisotopic (exact) mass is 305 g/mol. The number of nitrogens with zero attached hydrogens (tertiary/aromatic N) is 1. The molecule has 2 aromatic rings. The highest BCUT2D eigenvalue weighted by molar-refractivity contribution is 6.36. The summed E-state index contributed by atoms with van der Waals surface area (Å²) in [5.41, 5.74) is -2.13. The van der Waals surface area contributed by atoms with Crippen molar-refractivity contribution in [2.75, 3.05) is 0 Å². The number of hydrogen-bond donors (Lipinski definition) is 4. The summed E-state index contributed by atoms with van der Waals surface area (Å²) in [6.45, 7) is 0. The second-order valence-electron chi connectivity index (χ2n) is 4.89. The van der Waals surface area contributed by atoms with Crippen LogP contribution in [0.1, 0.15) is 12.0 Å². The largest absolute Gasteiger partial charge is 0.792 e. The maximum Gasteiger partial charge on any atom is 0.349 e. The highest BCUT2D eigenvalue weighted by atomic mass is 16.4. The quantitative estimate of drug-likeness (QED) is 0.461. The number of carbonyl (C=O) groups is 2. The van der Waals surface area contributed by atoms with E-state index in [0.29, 0.717) is 10.9 Å². The third-order valence-electron chi connectivity index (χ3n) is 3.37. The Hall–Kier alpha value is -2.87. The van der Waals surface area contributed by atoms with E-state index in [-0.39, 0.29) is 6.42 Å². The van der Waals surface area contributed by atoms with E-state index in [9.17, 15) is 25.0 Å². The third-order valence-corrected chi connectivity index (χ3v) is 3.37. The molecule has 0 spiro atoms. The Morgan fingerprint density at radius 2 is 1.95 bits per heavy atom. The van der Waals surface area contributed by atoms with Crippen LogP contribution in [0.4, 0.5) is 0 Å². The lowest BCUT2D eigenvalue weighted by Crippen LogP contribution is -2.44. The van der Waals surface area contributed by atoms with Crippen LogP contribution in [0.5, 0.6) is 0 Å². The SMILES string of the molecule is O=C(O)C(C[C@@](O)(Cc1c[nH]c2ccccc12)C(=O)O)=N[O-]. The Kier molecular flexibility index (Phi) is 4.13. The third kappa shape index (κ3) is 2.91. The van der Waals surface area contributed by atoms with Gasteiger partial charge in [0.2, 0.25) is 0 Å². The molecular weight excluding hydrogens is 292 g/mol. The number of aromatic nitrogens is 1. The van der Waals surface area contributed by atoms with E-state index < -0.39 is 29.7 Å². The number of fused-ring (bicyclic) bond motifs is 1. The van der Waals surface area contributed by atoms with Crippen LogP contribution in [0.15, 0.2) is 35.6 Å². The first-order chi connectivity index (χ1) is 10.4. The van der Waals surface area contributed by atoms with Crippen LogP contribution in [0.25, 0.3) is 10.9 Å². The van der Waals surface area contributed by atoms with Gasteiger partial charge in [0, 0.05) is 29.9 Å². The average Bonchev–Trinajstić information content (AvgIpc) is 2.87. The fourth-order valence-electron chi connectivity index (χ4n) is 2.23. The second-order valence-corrected chi connectivity index (χ2v) is 4.89. The Balaban J connectivity index is 2.36. The topological polar surface area (TPSA) is 146 Å². The summed E-state index contributed by atoms with van der Waals surface area (Å²) in [6, 6.07) is 7.06. The van der Waals surface area contributed by atoms with Gasteiger partial charge >= 0.3 is 11.9 Å². The molecule has 0 aliphatic rings. The maximum atomic E-state index is 11.3. The van der Waals surface area contributed by atoms with Crippen LogP contribution in [-0.2, 0) is 16.0 Å². The van der Waals surface area contributed by atoms with Gasteiger partial charge in [0.1, 0.15) is 5.71 Å². The standard InChI is InChI=1S/C14H14N2O6/c17-12(18)11(16-22)6-14(21,13(19)20)5-8-7-15-10-4-2-1-3-9(8)10/h1-4,7,15,21-22H,5-6H2,(H,17,18)(H,19,20)/p-1/t14-/m0/s1. The summed E-state index contributed by atoms with van der Waals surface area (Å²) < 4.78 is 0. The normalized spacial score (nSPS) is 14.7. The molecule has 1 atom stereocenters. The minimum absolute atomic E-state index is 0.362. The van der Waals surface area contributed by atoms with E-state index in [0.717, 1.165) is 5.52 Å². The molecule has 1 aromatic heterocycles. The molecule has 116 valence electrons. The van der Waals surface area contributed by atoms with Gasteiger partial charge in [-0.1, -0.05) is 18.2 Å². The van der Waals surface area contributed by atoms with Gasteiger partial charge in [-0.05, 0) is 11.6 Å². The number of nitrogens with one attached hydrogen (secondary N) is 1. The van der Waals surface area contributed by atoms with Crippen molar-refractivity contribution in [3.05, 3.63) is 41.2 Å². The van der Waals surface area contributed by atoms with Crippen molar-refractivity contribution in [1.29, 1.82) is 0 Å². The van der Waals surface area contributed by atoms with Crippen LogP contribution in [0, 0.1) is 5.21 Å². The molecule has 0 aliphatic heterocycles. The Labute approximate surface area is 124 Å². The molecule has 0 unspecified atom stereocenters. The second kappa shape index (κ2) is 5.86. The minimum Gasteiger partial charge on any atom is -0.792 e. The summed E-state index contributed by atoms with van der Waals surface area (Å²) in [5, 5.41) is 41.7. The maximum absolute atomic E-state index is 11.3. The summed E-state index contributed by atoms with van der Waals surface area (Å²) in [4.78, 5) is 25.1. The molecule has 2 rings (SSSR count). The molecule has 0 saturated heterocycles. The van der Waals surface area contributed by atoms with E-state index in [2.05, 4.69) is 10.1 Å². The molecule has 0 bridgehead atoms. The summed E-state index contributed by atoms with van der Waals surface area (Å²) in [5.74, 6) is -3.28. The van der Waals surface area contributed by atoms with Crippen LogP contribution in [0.2, 0.25) is 0 Å². The molecule has 8 heteroatoms. The fraction of sp³-hybridized carbons (Fsp3) is 0.214. The van der Waals surface area contributed by atoms with Gasteiger partial charge in [-0.25, -0.2) is 9.59 Å². The molecule has 0 saturated carbocycles. The molecule has 0 fully saturated rings. The number of aliphatic hydroxyl groups is 1. The fourth-order valence-corrected chi connectivity index (χ4v) is 2.23. The summed E-state index contributed by atoms with van der Waals surface area (Å²) in [7, 11) is 0. The van der Waals surface area contributed by atoms with Crippen molar-refractivity contribution >= 4 is 28.6 Å². The van der Waals surface area contributed by atoms with Gasteiger partial charge in [0.15, 0.2) is 5.60 Å². The van der Waals surface area contributed by atoms with Gasteiger partial charge in [0.05, 0.1) is 0 Å². The van der Waals surface area contributed by atoms with E-state index in [1.54, 1.807) is 24.3 Å². The number of aliphatic carboxylic acids is 2. The van der Waals surface area contributed by atoms with Crippen molar-refractivity contribution < 1.29 is 24.9 Å². The average molecular weight is 305 g/mol. The van der Waals surface area contributed by atoms with Crippen LogP contribution in [0.3, 0.4) is 0 Å². The predicted molar refractivity (Wildman–Crippen MR) is 77.6 cm³/mol. The lowest BCUT2D eigenvalue weighted by atomic mass is 9.89. The number of para-hydroxylation sites is 1. The molecule has 4 N–H and O–H groups in total. The van der Waals surface area contributed by atoms with Crippen LogP contribution < -0.4 is 0 Å². The molecule has 22 heavy (non-hydrogen) atoms. The molecule has 1 aromatic carbocycles. The van der Waals surface area contributed by atoms with Gasteiger partial charge in [-0.2, -0.15) is 0 Å². The van der Waals surface area contributed by atoms with E-state index in [4.69, 9.17) is 5.11 Å². The van der Waals surface area contributed by atoms with Gasteiger partial charge in [-0.15, -0.1) is 0 Å². The Morgan fingerprint density at radius 1 is 1.27 bits per heavy atom. The zero-order valence-corrected chi connectivity index (χ0v) is 11.3. The summed E-state index contributed by atoms with van der Waals surface area (Å²) in [6.07, 6.45) is 0.284. The van der Waals surface area contributed by atoms with Gasteiger partial charge < -0.3 is 30.7 Å². The summed E-state index contributed by atoms with van der Waals surface area (Å²) >= 11 is 0. The zero-order chi connectivity index (χ0) is 16.3. The van der Waals surface area contributed by atoms with Crippen molar-refractivity contribution in [3.8, 4) is 0 Å². The van der Waals surface area contributed by atoms with Crippen molar-refractivity contribution in [2.24, 2.45) is 5.16 Å². The highest BCUT2D eigenvalue weighted by Gasteiger charge is 2.39. The first-order valence-electron chi connectivity index (χ1n) is 6.30. The van der Waals surface area contributed by atoms with Crippen molar-refractivity contribution in [1.82, 2.24) is 4.98 Å². The Morgan fingerprint density at radius 3 is 2.55 bits per heavy atom. The number of H-pyrrole nitrogens is 1. The van der Waals surface area contributed by atoms with Crippen LogP contribution in [-0.4, -0.2) is 43.6 Å².